The van der Waals surface area contributed by atoms with Crippen molar-refractivity contribution >= 4 is 44.3 Å². The zero-order valence-electron chi connectivity index (χ0n) is 10.2. The monoisotopic (exact) mass is 296 g/mol. The third-order valence-corrected chi connectivity index (χ3v) is 4.69. The molecule has 1 aromatic carbocycles. The van der Waals surface area contributed by atoms with E-state index in [-0.39, 0.29) is 5.92 Å². The van der Waals surface area contributed by atoms with Crippen LogP contribution in [-0.2, 0) is 4.79 Å². The van der Waals surface area contributed by atoms with Gasteiger partial charge in [0.2, 0.25) is 0 Å². The number of anilines is 1. The number of aliphatic carboxylic acids is 1. The van der Waals surface area contributed by atoms with Crippen LogP contribution in [-0.4, -0.2) is 29.1 Å². The molecule has 1 unspecified atom stereocenters. The molecular formula is C13H13ClN2O2S. The normalized spacial score (nSPS) is 19.8. The molecule has 1 saturated heterocycles. The molecule has 1 aromatic heterocycles. The SMILES string of the molecule is O=C(O)C1CCCN(c2nc3ccc(Cl)cc3s2)C1. The first-order valence-electron chi connectivity index (χ1n) is 6.17. The number of hydrogen-bond acceptors (Lipinski definition) is 4. The predicted molar refractivity (Wildman–Crippen MR) is 77.2 cm³/mol. The molecule has 19 heavy (non-hydrogen) atoms. The van der Waals surface area contributed by atoms with Crippen LogP contribution in [0.2, 0.25) is 5.02 Å². The van der Waals surface area contributed by atoms with Crippen LogP contribution in [0.15, 0.2) is 18.2 Å². The molecule has 2 heterocycles. The molecule has 0 spiro atoms. The largest absolute Gasteiger partial charge is 0.481 e. The van der Waals surface area contributed by atoms with E-state index in [9.17, 15) is 4.79 Å². The maximum absolute atomic E-state index is 11.1. The van der Waals surface area contributed by atoms with Crippen molar-refractivity contribution in [3.63, 3.8) is 0 Å². The maximum Gasteiger partial charge on any atom is 0.308 e. The molecular weight excluding hydrogens is 284 g/mol. The van der Waals surface area contributed by atoms with Crippen LogP contribution in [0.5, 0.6) is 0 Å². The molecule has 0 radical (unpaired) electrons. The van der Waals surface area contributed by atoms with Crippen molar-refractivity contribution < 1.29 is 9.90 Å². The van der Waals surface area contributed by atoms with Crippen LogP contribution in [0.3, 0.4) is 0 Å². The molecule has 2 aromatic rings. The summed E-state index contributed by atoms with van der Waals surface area (Å²) >= 11 is 7.54. The molecule has 0 aliphatic carbocycles. The van der Waals surface area contributed by atoms with Gasteiger partial charge < -0.3 is 10.0 Å². The molecule has 1 aliphatic rings. The topological polar surface area (TPSA) is 53.4 Å². The number of hydrogen-bond donors (Lipinski definition) is 1. The second kappa shape index (κ2) is 4.98. The van der Waals surface area contributed by atoms with Crippen LogP contribution in [0.4, 0.5) is 5.13 Å². The number of fused-ring (bicyclic) bond motifs is 1. The van der Waals surface area contributed by atoms with Crippen LogP contribution < -0.4 is 4.90 Å². The minimum absolute atomic E-state index is 0.288. The number of thiazole rings is 1. The van der Waals surface area contributed by atoms with Gasteiger partial charge in [-0.05, 0) is 31.0 Å². The van der Waals surface area contributed by atoms with Gasteiger partial charge in [0.25, 0.3) is 0 Å². The number of carboxylic acid groups (broad SMARTS) is 1. The summed E-state index contributed by atoms with van der Waals surface area (Å²) in [4.78, 5) is 17.7. The fraction of sp³-hybridized carbons (Fsp3) is 0.385. The summed E-state index contributed by atoms with van der Waals surface area (Å²) in [6.45, 7) is 1.42. The second-order valence-corrected chi connectivity index (χ2v) is 6.18. The number of benzene rings is 1. The van der Waals surface area contributed by atoms with Crippen molar-refractivity contribution in [3.05, 3.63) is 23.2 Å². The smallest absolute Gasteiger partial charge is 0.308 e. The molecule has 0 amide bonds. The van der Waals surface area contributed by atoms with E-state index in [4.69, 9.17) is 16.7 Å². The minimum Gasteiger partial charge on any atom is -0.481 e. The Bertz CT molecular complexity index is 628. The van der Waals surface area contributed by atoms with Gasteiger partial charge in [0.05, 0.1) is 16.1 Å². The van der Waals surface area contributed by atoms with Gasteiger partial charge in [-0.2, -0.15) is 0 Å². The van der Waals surface area contributed by atoms with E-state index in [2.05, 4.69) is 9.88 Å². The first-order chi connectivity index (χ1) is 9.13. The molecule has 1 atom stereocenters. The number of carboxylic acids is 1. The lowest BCUT2D eigenvalue weighted by Crippen LogP contribution is -2.38. The quantitative estimate of drug-likeness (QED) is 0.924. The standard InChI is InChI=1S/C13H13ClN2O2S/c14-9-3-4-10-11(6-9)19-13(15-10)16-5-1-2-8(7-16)12(17)18/h3-4,6,8H,1-2,5,7H2,(H,17,18). The highest BCUT2D eigenvalue weighted by Crippen LogP contribution is 2.32. The minimum atomic E-state index is -0.714. The number of piperidine rings is 1. The van der Waals surface area contributed by atoms with Crippen molar-refractivity contribution in [1.29, 1.82) is 0 Å². The molecule has 100 valence electrons. The van der Waals surface area contributed by atoms with Crippen molar-refractivity contribution in [1.82, 2.24) is 4.98 Å². The summed E-state index contributed by atoms with van der Waals surface area (Å²) in [5, 5.41) is 10.7. The summed E-state index contributed by atoms with van der Waals surface area (Å²) in [5.74, 6) is -1.00. The molecule has 3 rings (SSSR count). The number of rotatable bonds is 2. The van der Waals surface area contributed by atoms with E-state index in [1.807, 2.05) is 18.2 Å². The highest BCUT2D eigenvalue weighted by atomic mass is 35.5. The van der Waals surface area contributed by atoms with E-state index in [1.54, 1.807) is 11.3 Å². The van der Waals surface area contributed by atoms with Crippen molar-refractivity contribution in [2.24, 2.45) is 5.92 Å². The van der Waals surface area contributed by atoms with Gasteiger partial charge >= 0.3 is 5.97 Å². The van der Waals surface area contributed by atoms with Crippen molar-refractivity contribution in [2.45, 2.75) is 12.8 Å². The maximum atomic E-state index is 11.1. The first-order valence-corrected chi connectivity index (χ1v) is 7.37. The summed E-state index contributed by atoms with van der Waals surface area (Å²) in [7, 11) is 0. The van der Waals surface area contributed by atoms with Crippen LogP contribution in [0.1, 0.15) is 12.8 Å². The lowest BCUT2D eigenvalue weighted by Gasteiger charge is -2.30. The van der Waals surface area contributed by atoms with Gasteiger partial charge in [-0.3, -0.25) is 4.79 Å². The Morgan fingerprint density at radius 2 is 2.37 bits per heavy atom. The highest BCUT2D eigenvalue weighted by Gasteiger charge is 2.26. The highest BCUT2D eigenvalue weighted by molar-refractivity contribution is 7.22. The predicted octanol–water partition coefficient (Wildman–Crippen LogP) is 3.25. The Balaban J connectivity index is 1.89. The average molecular weight is 297 g/mol. The van der Waals surface area contributed by atoms with E-state index in [0.29, 0.717) is 11.6 Å². The Kier molecular flexibility index (Phi) is 3.33. The first kappa shape index (κ1) is 12.7. The molecule has 4 nitrogen and oxygen atoms in total. The Hall–Kier alpha value is -1.33. The van der Waals surface area contributed by atoms with Crippen LogP contribution in [0, 0.1) is 5.92 Å². The lowest BCUT2D eigenvalue weighted by atomic mass is 9.99. The Morgan fingerprint density at radius 1 is 1.53 bits per heavy atom. The van der Waals surface area contributed by atoms with Gasteiger partial charge in [0.1, 0.15) is 0 Å². The van der Waals surface area contributed by atoms with E-state index in [0.717, 1.165) is 34.7 Å². The van der Waals surface area contributed by atoms with E-state index < -0.39 is 5.97 Å². The number of nitrogens with zero attached hydrogens (tertiary/aromatic N) is 2. The molecule has 6 heteroatoms. The van der Waals surface area contributed by atoms with Gasteiger partial charge in [-0.25, -0.2) is 4.98 Å². The van der Waals surface area contributed by atoms with E-state index in [1.165, 1.54) is 0 Å². The number of aromatic nitrogens is 1. The molecule has 0 saturated carbocycles. The Labute approximate surface area is 119 Å². The zero-order chi connectivity index (χ0) is 13.4. The summed E-state index contributed by atoms with van der Waals surface area (Å²) in [5.41, 5.74) is 0.918. The molecule has 1 aliphatic heterocycles. The zero-order valence-corrected chi connectivity index (χ0v) is 11.7. The number of halogens is 1. The van der Waals surface area contributed by atoms with E-state index >= 15 is 0 Å². The fourth-order valence-corrected chi connectivity index (χ4v) is 3.65. The molecule has 1 N–H and O–H groups in total. The summed E-state index contributed by atoms with van der Waals surface area (Å²) < 4.78 is 1.04. The van der Waals surface area contributed by atoms with Crippen molar-refractivity contribution in [3.8, 4) is 0 Å². The van der Waals surface area contributed by atoms with Crippen molar-refractivity contribution in [2.75, 3.05) is 18.0 Å². The number of carbonyl (C=O) groups is 1. The van der Waals surface area contributed by atoms with Gasteiger partial charge in [-0.1, -0.05) is 22.9 Å². The van der Waals surface area contributed by atoms with Crippen LogP contribution >= 0.6 is 22.9 Å². The average Bonchev–Trinajstić information content (AvgIpc) is 2.81. The second-order valence-electron chi connectivity index (χ2n) is 4.73. The summed E-state index contributed by atoms with van der Waals surface area (Å²) in [6, 6.07) is 5.62. The van der Waals surface area contributed by atoms with Crippen LogP contribution in [0.25, 0.3) is 10.2 Å². The molecule has 1 fully saturated rings. The Morgan fingerprint density at radius 3 is 3.16 bits per heavy atom. The van der Waals surface area contributed by atoms with Gasteiger partial charge in [0, 0.05) is 18.1 Å². The third-order valence-electron chi connectivity index (χ3n) is 3.38. The lowest BCUT2D eigenvalue weighted by molar-refractivity contribution is -0.141. The van der Waals surface area contributed by atoms with Gasteiger partial charge in [0.15, 0.2) is 5.13 Å². The molecule has 0 bridgehead atoms. The summed E-state index contributed by atoms with van der Waals surface area (Å²) in [6.07, 6.45) is 1.65. The fourth-order valence-electron chi connectivity index (χ4n) is 2.37. The third kappa shape index (κ3) is 2.53. The van der Waals surface area contributed by atoms with Gasteiger partial charge in [-0.15, -0.1) is 0 Å².